The zero-order valence-electron chi connectivity index (χ0n) is 15.7. The smallest absolute Gasteiger partial charge is 0.237 e. The fraction of sp³-hybridized carbons (Fsp3) is 0.250. The van der Waals surface area contributed by atoms with E-state index in [1.165, 1.54) is 23.1 Å². The Labute approximate surface area is 182 Å². The van der Waals surface area contributed by atoms with Crippen molar-refractivity contribution in [3.05, 3.63) is 63.1 Å². The minimum absolute atomic E-state index is 0.0581. The molecule has 0 aliphatic rings. The fourth-order valence-electron chi connectivity index (χ4n) is 2.61. The van der Waals surface area contributed by atoms with E-state index >= 15 is 0 Å². The number of thioether (sulfide) groups is 1. The molecule has 3 aromatic rings. The van der Waals surface area contributed by atoms with Crippen LogP contribution < -0.4 is 5.32 Å². The highest BCUT2D eigenvalue weighted by Gasteiger charge is 2.19. The Morgan fingerprint density at radius 2 is 1.86 bits per heavy atom. The maximum atomic E-state index is 12.7. The molecule has 4 nitrogen and oxygen atoms in total. The van der Waals surface area contributed by atoms with Crippen molar-refractivity contribution in [2.24, 2.45) is 0 Å². The molecule has 0 aliphatic heterocycles. The standard InChI is InChI=1S/C20H20ClN3OS3/c1-12(2)16-6-4-5-7-17(16)22-18(25)13(3)27-19-23-24(20(26)28-19)15-10-8-14(21)9-11-15/h4-13H,1-3H3,(H,22,25). The van der Waals surface area contributed by atoms with E-state index in [9.17, 15) is 4.79 Å². The summed E-state index contributed by atoms with van der Waals surface area (Å²) in [7, 11) is 0. The Hall–Kier alpha value is -1.67. The predicted molar refractivity (Wildman–Crippen MR) is 122 cm³/mol. The molecule has 1 amide bonds. The van der Waals surface area contributed by atoms with Crippen molar-refractivity contribution < 1.29 is 4.79 Å². The normalized spacial score (nSPS) is 12.2. The van der Waals surface area contributed by atoms with Crippen LogP contribution in [0.2, 0.25) is 5.02 Å². The first kappa shape index (κ1) is 21.0. The van der Waals surface area contributed by atoms with Gasteiger partial charge in [-0.15, -0.1) is 5.10 Å². The van der Waals surface area contributed by atoms with Crippen molar-refractivity contribution in [3.63, 3.8) is 0 Å². The first-order valence-corrected chi connectivity index (χ1v) is 11.3. The van der Waals surface area contributed by atoms with Gasteiger partial charge in [-0.3, -0.25) is 4.79 Å². The molecule has 0 radical (unpaired) electrons. The van der Waals surface area contributed by atoms with Crippen LogP contribution >= 0.6 is 46.9 Å². The van der Waals surface area contributed by atoms with Gasteiger partial charge in [0.1, 0.15) is 0 Å². The molecule has 2 aromatic carbocycles. The Morgan fingerprint density at radius 3 is 2.54 bits per heavy atom. The number of benzene rings is 2. The number of carbonyl (C=O) groups is 1. The maximum Gasteiger partial charge on any atom is 0.237 e. The van der Waals surface area contributed by atoms with Crippen molar-refractivity contribution in [1.29, 1.82) is 0 Å². The van der Waals surface area contributed by atoms with Crippen LogP contribution in [0.15, 0.2) is 52.9 Å². The number of para-hydroxylation sites is 1. The summed E-state index contributed by atoms with van der Waals surface area (Å²) in [5.74, 6) is 0.275. The summed E-state index contributed by atoms with van der Waals surface area (Å²) in [6.45, 7) is 6.09. The van der Waals surface area contributed by atoms with Crippen molar-refractivity contribution in [1.82, 2.24) is 9.78 Å². The maximum absolute atomic E-state index is 12.7. The number of aromatic nitrogens is 2. The summed E-state index contributed by atoms with van der Waals surface area (Å²) >= 11 is 14.2. The van der Waals surface area contributed by atoms with Gasteiger partial charge in [-0.25, -0.2) is 4.68 Å². The molecular weight excluding hydrogens is 430 g/mol. The van der Waals surface area contributed by atoms with Crippen LogP contribution in [0.4, 0.5) is 5.69 Å². The van der Waals surface area contributed by atoms with Crippen LogP contribution in [0.3, 0.4) is 0 Å². The van der Waals surface area contributed by atoms with E-state index in [4.69, 9.17) is 23.8 Å². The lowest BCUT2D eigenvalue weighted by Crippen LogP contribution is -2.23. The van der Waals surface area contributed by atoms with E-state index < -0.39 is 0 Å². The molecule has 0 fully saturated rings. The van der Waals surface area contributed by atoms with Gasteiger partial charge in [0, 0.05) is 10.7 Å². The molecule has 0 saturated heterocycles. The summed E-state index contributed by atoms with van der Waals surface area (Å²) in [6, 6.07) is 15.2. The van der Waals surface area contributed by atoms with Gasteiger partial charge in [0.2, 0.25) is 5.91 Å². The Kier molecular flexibility index (Phi) is 6.93. The molecule has 3 rings (SSSR count). The number of nitrogens with zero attached hydrogens (tertiary/aromatic N) is 2. The predicted octanol–water partition coefficient (Wildman–Crippen LogP) is 6.56. The second kappa shape index (κ2) is 9.22. The van der Waals surface area contributed by atoms with Gasteiger partial charge in [-0.05, 0) is 61.0 Å². The van der Waals surface area contributed by atoms with Gasteiger partial charge < -0.3 is 5.32 Å². The van der Waals surface area contributed by atoms with Crippen LogP contribution in [0, 0.1) is 3.95 Å². The van der Waals surface area contributed by atoms with E-state index in [0.717, 1.165) is 21.3 Å². The summed E-state index contributed by atoms with van der Waals surface area (Å²) < 4.78 is 3.07. The first-order chi connectivity index (χ1) is 13.3. The Bertz CT molecular complexity index is 1030. The van der Waals surface area contributed by atoms with Gasteiger partial charge in [0.15, 0.2) is 8.29 Å². The van der Waals surface area contributed by atoms with E-state index in [1.807, 2.05) is 43.3 Å². The molecule has 1 atom stereocenters. The van der Waals surface area contributed by atoms with Gasteiger partial charge in [0.25, 0.3) is 0 Å². The highest BCUT2D eigenvalue weighted by atomic mass is 35.5. The quantitative estimate of drug-likeness (QED) is 0.342. The lowest BCUT2D eigenvalue weighted by Gasteiger charge is -2.15. The van der Waals surface area contributed by atoms with Crippen molar-refractivity contribution in [3.8, 4) is 5.69 Å². The first-order valence-electron chi connectivity index (χ1n) is 8.77. The van der Waals surface area contributed by atoms with E-state index in [-0.39, 0.29) is 11.2 Å². The summed E-state index contributed by atoms with van der Waals surface area (Å²) in [6.07, 6.45) is 0. The molecule has 28 heavy (non-hydrogen) atoms. The number of carbonyl (C=O) groups excluding carboxylic acids is 1. The van der Waals surface area contributed by atoms with E-state index in [0.29, 0.717) is 14.9 Å². The second-order valence-electron chi connectivity index (χ2n) is 6.51. The van der Waals surface area contributed by atoms with E-state index in [2.05, 4.69) is 24.3 Å². The molecule has 8 heteroatoms. The summed E-state index contributed by atoms with van der Waals surface area (Å²) in [5.41, 5.74) is 2.82. The molecule has 0 bridgehead atoms. The van der Waals surface area contributed by atoms with Gasteiger partial charge in [0.05, 0.1) is 10.9 Å². The lowest BCUT2D eigenvalue weighted by atomic mass is 10.0. The van der Waals surface area contributed by atoms with E-state index in [1.54, 1.807) is 16.8 Å². The highest BCUT2D eigenvalue weighted by molar-refractivity contribution is 8.02. The van der Waals surface area contributed by atoms with Crippen molar-refractivity contribution in [2.75, 3.05) is 5.32 Å². The molecule has 1 unspecified atom stereocenters. The Balaban J connectivity index is 1.72. The molecule has 0 spiro atoms. The largest absolute Gasteiger partial charge is 0.325 e. The second-order valence-corrected chi connectivity index (χ2v) is 10.2. The average molecular weight is 450 g/mol. The number of rotatable bonds is 6. The molecule has 1 aromatic heterocycles. The van der Waals surface area contributed by atoms with Crippen LogP contribution in [-0.4, -0.2) is 20.9 Å². The molecule has 0 saturated carbocycles. The number of hydrogen-bond donors (Lipinski definition) is 1. The number of amides is 1. The third-order valence-electron chi connectivity index (χ3n) is 4.09. The van der Waals surface area contributed by atoms with Crippen LogP contribution in [0.25, 0.3) is 5.69 Å². The van der Waals surface area contributed by atoms with Gasteiger partial charge in [-0.2, -0.15) is 0 Å². The zero-order chi connectivity index (χ0) is 20.3. The van der Waals surface area contributed by atoms with Gasteiger partial charge >= 0.3 is 0 Å². The lowest BCUT2D eigenvalue weighted by molar-refractivity contribution is -0.115. The van der Waals surface area contributed by atoms with Crippen LogP contribution in [0.1, 0.15) is 32.3 Å². The van der Waals surface area contributed by atoms with Gasteiger partial charge in [-0.1, -0.05) is 66.7 Å². The topological polar surface area (TPSA) is 46.9 Å². The van der Waals surface area contributed by atoms with Crippen molar-refractivity contribution in [2.45, 2.75) is 36.3 Å². The average Bonchev–Trinajstić information content (AvgIpc) is 3.02. The minimum atomic E-state index is -0.306. The van der Waals surface area contributed by atoms with Crippen molar-refractivity contribution >= 4 is 58.5 Å². The third kappa shape index (κ3) is 5.03. The molecule has 0 aliphatic carbocycles. The molecular formula is C20H20ClN3OS3. The van der Waals surface area contributed by atoms with Crippen LogP contribution in [0.5, 0.6) is 0 Å². The molecule has 1 heterocycles. The number of nitrogens with one attached hydrogen (secondary N) is 1. The molecule has 146 valence electrons. The monoisotopic (exact) mass is 449 g/mol. The Morgan fingerprint density at radius 1 is 1.18 bits per heavy atom. The highest BCUT2D eigenvalue weighted by Crippen LogP contribution is 2.30. The SMILES string of the molecule is CC(Sc1nn(-c2ccc(Cl)cc2)c(=S)s1)C(=O)Nc1ccccc1C(C)C. The fourth-order valence-corrected chi connectivity index (χ4v) is 5.24. The number of hydrogen-bond acceptors (Lipinski definition) is 5. The number of anilines is 1. The summed E-state index contributed by atoms with van der Waals surface area (Å²) in [4.78, 5) is 12.7. The molecule has 1 N–H and O–H groups in total. The number of halogens is 1. The summed E-state index contributed by atoms with van der Waals surface area (Å²) in [5, 5.41) is 7.95. The third-order valence-corrected chi connectivity index (χ3v) is 6.76. The van der Waals surface area contributed by atoms with Crippen LogP contribution in [-0.2, 0) is 4.79 Å². The minimum Gasteiger partial charge on any atom is -0.325 e. The zero-order valence-corrected chi connectivity index (χ0v) is 18.9.